The van der Waals surface area contributed by atoms with Crippen LogP contribution in [0, 0.1) is 0 Å². The van der Waals surface area contributed by atoms with Gasteiger partial charge < -0.3 is 9.87 Å². The summed E-state index contributed by atoms with van der Waals surface area (Å²) in [5, 5.41) is 3.65. The third kappa shape index (κ3) is 1.65. The predicted molar refractivity (Wildman–Crippen MR) is 36.1 cm³/mol. The molecule has 2 nitrogen and oxygen atoms in total. The van der Waals surface area contributed by atoms with Crippen LogP contribution in [0.1, 0.15) is 12.8 Å². The Balaban J connectivity index is 2.13. The van der Waals surface area contributed by atoms with Crippen molar-refractivity contribution in [2.75, 3.05) is 13.1 Å². The molecule has 0 amide bonds. The number of rotatable bonds is 1. The van der Waals surface area contributed by atoms with Crippen LogP contribution < -0.4 is 5.32 Å². The van der Waals surface area contributed by atoms with Crippen LogP contribution in [0.5, 0.6) is 0 Å². The zero-order valence-corrected chi connectivity index (χ0v) is 5.58. The summed E-state index contributed by atoms with van der Waals surface area (Å²) in [7, 11) is 0. The summed E-state index contributed by atoms with van der Waals surface area (Å²) < 4.78 is 8.57. The lowest BCUT2D eigenvalue weighted by Crippen LogP contribution is -2.31. The number of nitrogens with one attached hydrogen (secondary N) is 1. The Morgan fingerprint density at radius 1 is 1.62 bits per heavy atom. The fraction of sp³-hybridized carbons (Fsp3) is 1.00. The highest BCUT2D eigenvalue weighted by Crippen LogP contribution is 2.13. The molecule has 0 saturated carbocycles. The van der Waals surface area contributed by atoms with Gasteiger partial charge in [-0.05, 0) is 31.4 Å². The van der Waals surface area contributed by atoms with E-state index in [4.69, 9.17) is 4.55 Å². The van der Waals surface area contributed by atoms with E-state index in [0.717, 1.165) is 31.6 Å². The third-order valence-corrected chi connectivity index (χ3v) is 2.10. The van der Waals surface area contributed by atoms with Gasteiger partial charge in [0, 0.05) is 11.8 Å². The zero-order valence-electron chi connectivity index (χ0n) is 4.76. The summed E-state index contributed by atoms with van der Waals surface area (Å²) in [5.41, 5.74) is 0. The molecule has 0 radical (unpaired) electrons. The first-order valence-electron chi connectivity index (χ1n) is 2.94. The Hall–Kier alpha value is 0.270. The maximum absolute atomic E-state index is 8.57. The van der Waals surface area contributed by atoms with Gasteiger partial charge in [-0.2, -0.15) is 0 Å². The maximum Gasteiger partial charge on any atom is 0.0433 e. The minimum atomic E-state index is 0.448. The highest BCUT2D eigenvalue weighted by molar-refractivity contribution is 7.94. The van der Waals surface area contributed by atoms with Gasteiger partial charge in [0.05, 0.1) is 0 Å². The van der Waals surface area contributed by atoms with Crippen molar-refractivity contribution in [2.24, 2.45) is 0 Å². The predicted octanol–water partition coefficient (Wildman–Crippen LogP) is 0.945. The standard InChI is InChI=1S/C5H11NOS/c7-8-5-2-1-3-6-4-5/h5-7H,1-4H2. The third-order valence-electron chi connectivity index (χ3n) is 1.40. The Morgan fingerprint density at radius 2 is 2.50 bits per heavy atom. The molecule has 0 aliphatic carbocycles. The second-order valence-electron chi connectivity index (χ2n) is 2.07. The van der Waals surface area contributed by atoms with Gasteiger partial charge in [-0.1, -0.05) is 0 Å². The van der Waals surface area contributed by atoms with Crippen LogP contribution in [-0.2, 0) is 0 Å². The van der Waals surface area contributed by atoms with E-state index in [2.05, 4.69) is 5.32 Å². The van der Waals surface area contributed by atoms with Crippen LogP contribution in [0.2, 0.25) is 0 Å². The van der Waals surface area contributed by atoms with Crippen LogP contribution in [0.4, 0.5) is 0 Å². The smallest absolute Gasteiger partial charge is 0.0433 e. The van der Waals surface area contributed by atoms with E-state index in [-0.39, 0.29) is 0 Å². The molecular weight excluding hydrogens is 122 g/mol. The van der Waals surface area contributed by atoms with Crippen molar-refractivity contribution in [1.82, 2.24) is 5.32 Å². The SMILES string of the molecule is OSC1CCCNC1. The van der Waals surface area contributed by atoms with Crippen LogP contribution in [0.3, 0.4) is 0 Å². The van der Waals surface area contributed by atoms with Crippen molar-refractivity contribution in [3.8, 4) is 0 Å². The van der Waals surface area contributed by atoms with E-state index in [1.807, 2.05) is 0 Å². The highest BCUT2D eigenvalue weighted by Gasteiger charge is 2.11. The minimum absolute atomic E-state index is 0.448. The quantitative estimate of drug-likeness (QED) is 0.522. The zero-order chi connectivity index (χ0) is 5.82. The normalized spacial score (nSPS) is 30.4. The van der Waals surface area contributed by atoms with E-state index in [1.54, 1.807) is 0 Å². The van der Waals surface area contributed by atoms with Crippen molar-refractivity contribution in [3.63, 3.8) is 0 Å². The molecule has 1 unspecified atom stereocenters. The molecule has 1 saturated heterocycles. The Bertz CT molecular complexity index is 63.4. The number of hydrogen-bond acceptors (Lipinski definition) is 3. The van der Waals surface area contributed by atoms with Gasteiger partial charge in [0.1, 0.15) is 0 Å². The maximum atomic E-state index is 8.57. The molecule has 0 spiro atoms. The van der Waals surface area contributed by atoms with Crippen LogP contribution >= 0.6 is 12.0 Å². The molecule has 3 heteroatoms. The molecule has 1 fully saturated rings. The molecule has 2 N–H and O–H groups in total. The number of hydrogen-bond donors (Lipinski definition) is 2. The molecule has 0 aromatic heterocycles. The molecule has 0 bridgehead atoms. The molecule has 8 heavy (non-hydrogen) atoms. The molecule has 1 aliphatic heterocycles. The molecule has 48 valence electrons. The fourth-order valence-electron chi connectivity index (χ4n) is 0.910. The van der Waals surface area contributed by atoms with E-state index in [1.165, 1.54) is 6.42 Å². The van der Waals surface area contributed by atoms with Crippen molar-refractivity contribution in [3.05, 3.63) is 0 Å². The summed E-state index contributed by atoms with van der Waals surface area (Å²) in [5.74, 6) is 0. The van der Waals surface area contributed by atoms with Gasteiger partial charge in [-0.15, -0.1) is 0 Å². The molecule has 0 aromatic carbocycles. The molecule has 1 rings (SSSR count). The fourth-order valence-corrected chi connectivity index (χ4v) is 1.37. The summed E-state index contributed by atoms with van der Waals surface area (Å²) in [6.45, 7) is 2.10. The molecule has 1 aliphatic rings. The lowest BCUT2D eigenvalue weighted by atomic mass is 10.2. The van der Waals surface area contributed by atoms with Gasteiger partial charge in [0.25, 0.3) is 0 Å². The Labute approximate surface area is 53.9 Å². The van der Waals surface area contributed by atoms with E-state index in [0.29, 0.717) is 5.25 Å². The lowest BCUT2D eigenvalue weighted by molar-refractivity contribution is 0.515. The van der Waals surface area contributed by atoms with Gasteiger partial charge in [0.2, 0.25) is 0 Å². The van der Waals surface area contributed by atoms with Crippen molar-refractivity contribution in [2.45, 2.75) is 18.1 Å². The average Bonchev–Trinajstić information content (AvgIpc) is 1.90. The van der Waals surface area contributed by atoms with Crippen molar-refractivity contribution < 1.29 is 4.55 Å². The van der Waals surface area contributed by atoms with Crippen molar-refractivity contribution >= 4 is 12.0 Å². The largest absolute Gasteiger partial charge is 0.330 e. The van der Waals surface area contributed by atoms with Crippen LogP contribution in [-0.4, -0.2) is 22.9 Å². The first kappa shape index (κ1) is 6.39. The lowest BCUT2D eigenvalue weighted by Gasteiger charge is -2.18. The minimum Gasteiger partial charge on any atom is -0.330 e. The summed E-state index contributed by atoms with van der Waals surface area (Å²) in [6, 6.07) is 0. The second kappa shape index (κ2) is 3.33. The van der Waals surface area contributed by atoms with Crippen molar-refractivity contribution in [1.29, 1.82) is 0 Å². The number of piperidine rings is 1. The first-order valence-corrected chi connectivity index (χ1v) is 3.78. The topological polar surface area (TPSA) is 32.3 Å². The van der Waals surface area contributed by atoms with Crippen LogP contribution in [0.15, 0.2) is 0 Å². The Kier molecular flexibility index (Phi) is 2.66. The van der Waals surface area contributed by atoms with Gasteiger partial charge in [-0.25, -0.2) is 0 Å². The van der Waals surface area contributed by atoms with Gasteiger partial charge in [0.15, 0.2) is 0 Å². The van der Waals surface area contributed by atoms with Crippen LogP contribution in [0.25, 0.3) is 0 Å². The molecule has 1 atom stereocenters. The van der Waals surface area contributed by atoms with E-state index >= 15 is 0 Å². The summed E-state index contributed by atoms with van der Waals surface area (Å²) >= 11 is 0.983. The Morgan fingerprint density at radius 3 is 2.88 bits per heavy atom. The monoisotopic (exact) mass is 133 g/mol. The molecule has 0 aromatic rings. The van der Waals surface area contributed by atoms with E-state index in [9.17, 15) is 0 Å². The summed E-state index contributed by atoms with van der Waals surface area (Å²) in [6.07, 6.45) is 2.37. The second-order valence-corrected chi connectivity index (χ2v) is 2.95. The average molecular weight is 133 g/mol. The molecular formula is C5H11NOS. The molecule has 1 heterocycles. The van der Waals surface area contributed by atoms with Gasteiger partial charge >= 0.3 is 0 Å². The first-order chi connectivity index (χ1) is 3.93. The van der Waals surface area contributed by atoms with Gasteiger partial charge in [-0.3, -0.25) is 0 Å². The highest BCUT2D eigenvalue weighted by atomic mass is 32.2. The summed E-state index contributed by atoms with van der Waals surface area (Å²) in [4.78, 5) is 0. The van der Waals surface area contributed by atoms with E-state index < -0.39 is 0 Å².